The molecule has 0 fully saturated rings. The Bertz CT molecular complexity index is 370. The van der Waals surface area contributed by atoms with Crippen molar-refractivity contribution >= 4 is 37.9 Å². The lowest BCUT2D eigenvalue weighted by Gasteiger charge is -2.01. The van der Waals surface area contributed by atoms with Crippen LogP contribution >= 0.6 is 31.9 Å². The highest BCUT2D eigenvalue weighted by molar-refractivity contribution is 9.11. The Kier molecular flexibility index (Phi) is 3.52. The molecule has 0 unspecified atom stereocenters. The van der Waals surface area contributed by atoms with Crippen LogP contribution in [-0.4, -0.2) is 5.11 Å². The van der Waals surface area contributed by atoms with E-state index in [9.17, 15) is 5.11 Å². The Hall–Kier alpha value is -0.790. The maximum Gasteiger partial charge on any atom is 0.154 e. The average Bonchev–Trinajstić information content (AvgIpc) is 2.10. The number of phenolic OH excluding ortho intramolecular Hbond substituents is 1. The van der Waals surface area contributed by atoms with E-state index < -0.39 is 0 Å². The molecule has 0 aliphatic rings. The fourth-order valence-corrected chi connectivity index (χ4v) is 2.03. The minimum absolute atomic E-state index is 0.167. The molecular weight excluding hydrogens is 298 g/mol. The Morgan fingerprint density at radius 3 is 2.31 bits per heavy atom. The molecule has 0 radical (unpaired) electrons. The van der Waals surface area contributed by atoms with Crippen molar-refractivity contribution in [3.05, 3.63) is 44.3 Å². The molecule has 0 saturated heterocycles. The van der Waals surface area contributed by atoms with E-state index in [0.717, 1.165) is 5.56 Å². The number of hydrogen-bond acceptors (Lipinski definition) is 1. The van der Waals surface area contributed by atoms with E-state index in [-0.39, 0.29) is 5.75 Å². The van der Waals surface area contributed by atoms with Gasteiger partial charge in [-0.25, -0.2) is 4.85 Å². The summed E-state index contributed by atoms with van der Waals surface area (Å²) < 4.78 is 1.21. The molecule has 0 amide bonds. The van der Waals surface area contributed by atoms with Gasteiger partial charge in [0.25, 0.3) is 0 Å². The monoisotopic (exact) mass is 301 g/mol. The molecule has 0 aliphatic carbocycles. The smallest absolute Gasteiger partial charge is 0.154 e. The summed E-state index contributed by atoms with van der Waals surface area (Å²) >= 11 is 6.39. The van der Waals surface area contributed by atoms with Gasteiger partial charge in [0, 0.05) is 0 Å². The molecule has 0 spiro atoms. The van der Waals surface area contributed by atoms with E-state index in [0.29, 0.717) is 8.95 Å². The molecule has 66 valence electrons. The number of halogens is 2. The normalized spacial score (nSPS) is 10.2. The van der Waals surface area contributed by atoms with Crippen molar-refractivity contribution in [1.29, 1.82) is 0 Å². The SMILES string of the molecule is [C-]#[N+]C=Cc1cc(Br)c(O)c(Br)c1. The third-order valence-corrected chi connectivity index (χ3v) is 2.59. The molecule has 1 N–H and O–H groups in total. The number of rotatable bonds is 1. The van der Waals surface area contributed by atoms with Crippen LogP contribution in [0.1, 0.15) is 5.56 Å². The lowest BCUT2D eigenvalue weighted by molar-refractivity contribution is 0.468. The highest BCUT2D eigenvalue weighted by atomic mass is 79.9. The first-order valence-electron chi connectivity index (χ1n) is 3.36. The summed E-state index contributed by atoms with van der Waals surface area (Å²) in [4.78, 5) is 3.09. The van der Waals surface area contributed by atoms with Gasteiger partial charge >= 0.3 is 0 Å². The van der Waals surface area contributed by atoms with Crippen LogP contribution in [0.5, 0.6) is 5.75 Å². The first-order chi connectivity index (χ1) is 6.15. The molecule has 0 aromatic heterocycles. The summed E-state index contributed by atoms with van der Waals surface area (Å²) in [5.74, 6) is 0.167. The van der Waals surface area contributed by atoms with Gasteiger partial charge in [-0.15, -0.1) is 0 Å². The van der Waals surface area contributed by atoms with Crippen LogP contribution in [0.4, 0.5) is 0 Å². The van der Waals surface area contributed by atoms with E-state index in [1.54, 1.807) is 18.2 Å². The molecule has 0 atom stereocenters. The topological polar surface area (TPSA) is 24.6 Å². The first-order valence-corrected chi connectivity index (χ1v) is 4.95. The van der Waals surface area contributed by atoms with Crippen molar-refractivity contribution in [2.24, 2.45) is 0 Å². The van der Waals surface area contributed by atoms with Gasteiger partial charge in [-0.05, 0) is 49.6 Å². The van der Waals surface area contributed by atoms with Crippen molar-refractivity contribution in [3.63, 3.8) is 0 Å². The Balaban J connectivity index is 3.15. The van der Waals surface area contributed by atoms with Gasteiger partial charge in [0.2, 0.25) is 0 Å². The van der Waals surface area contributed by atoms with Crippen molar-refractivity contribution < 1.29 is 5.11 Å². The van der Waals surface area contributed by atoms with Crippen LogP contribution < -0.4 is 0 Å². The molecule has 0 saturated carbocycles. The third kappa shape index (κ3) is 2.58. The lowest BCUT2D eigenvalue weighted by atomic mass is 10.2. The van der Waals surface area contributed by atoms with Crippen LogP contribution in [0.25, 0.3) is 10.9 Å². The maximum atomic E-state index is 9.38. The van der Waals surface area contributed by atoms with Gasteiger partial charge in [0.05, 0.1) is 15.5 Å². The molecule has 1 aromatic carbocycles. The number of benzene rings is 1. The predicted molar refractivity (Wildman–Crippen MR) is 59.1 cm³/mol. The Labute approximate surface area is 93.0 Å². The molecule has 4 heteroatoms. The third-order valence-electron chi connectivity index (χ3n) is 1.38. The number of phenols is 1. The number of aromatic hydroxyl groups is 1. The summed E-state index contributed by atoms with van der Waals surface area (Å²) in [6.07, 6.45) is 3.03. The fraction of sp³-hybridized carbons (Fsp3) is 0. The van der Waals surface area contributed by atoms with Crippen molar-refractivity contribution in [3.8, 4) is 5.75 Å². The van der Waals surface area contributed by atoms with Crippen LogP contribution in [0.2, 0.25) is 0 Å². The Morgan fingerprint density at radius 1 is 1.31 bits per heavy atom. The van der Waals surface area contributed by atoms with Crippen molar-refractivity contribution in [2.45, 2.75) is 0 Å². The number of nitrogens with zero attached hydrogens (tertiary/aromatic N) is 1. The zero-order chi connectivity index (χ0) is 9.84. The van der Waals surface area contributed by atoms with Gasteiger partial charge in [0.15, 0.2) is 6.20 Å². The summed E-state index contributed by atoms with van der Waals surface area (Å²) in [7, 11) is 0. The highest BCUT2D eigenvalue weighted by Gasteiger charge is 2.03. The largest absolute Gasteiger partial charge is 0.506 e. The van der Waals surface area contributed by atoms with Crippen LogP contribution in [0.15, 0.2) is 27.3 Å². The predicted octanol–water partition coefficient (Wildman–Crippen LogP) is 3.81. The second kappa shape index (κ2) is 4.45. The van der Waals surface area contributed by atoms with Gasteiger partial charge in [0.1, 0.15) is 5.75 Å². The minimum atomic E-state index is 0.167. The molecule has 0 aliphatic heterocycles. The molecule has 2 nitrogen and oxygen atoms in total. The molecule has 13 heavy (non-hydrogen) atoms. The van der Waals surface area contributed by atoms with Gasteiger partial charge in [-0.3, -0.25) is 0 Å². The molecular formula is C9H5Br2NO. The van der Waals surface area contributed by atoms with E-state index in [1.807, 2.05) is 0 Å². The minimum Gasteiger partial charge on any atom is -0.506 e. The van der Waals surface area contributed by atoms with E-state index in [1.165, 1.54) is 6.20 Å². The first kappa shape index (κ1) is 10.3. The zero-order valence-corrected chi connectivity index (χ0v) is 9.63. The molecule has 1 rings (SSSR count). The van der Waals surface area contributed by atoms with Crippen LogP contribution in [0.3, 0.4) is 0 Å². The van der Waals surface area contributed by atoms with Crippen molar-refractivity contribution in [2.75, 3.05) is 0 Å². The summed E-state index contributed by atoms with van der Waals surface area (Å²) in [6.45, 7) is 6.57. The number of hydrogen-bond donors (Lipinski definition) is 1. The zero-order valence-electron chi connectivity index (χ0n) is 6.46. The Morgan fingerprint density at radius 2 is 1.85 bits per heavy atom. The standard InChI is InChI=1S/C9H5Br2NO/c1-12-3-2-6-4-7(10)9(13)8(11)5-6/h2-5,13H. The van der Waals surface area contributed by atoms with Crippen LogP contribution in [0, 0.1) is 6.57 Å². The summed E-state index contributed by atoms with van der Waals surface area (Å²) in [5, 5.41) is 9.38. The van der Waals surface area contributed by atoms with E-state index in [2.05, 4.69) is 36.7 Å². The van der Waals surface area contributed by atoms with Crippen LogP contribution in [-0.2, 0) is 0 Å². The van der Waals surface area contributed by atoms with E-state index in [4.69, 9.17) is 6.57 Å². The molecule has 1 aromatic rings. The second-order valence-corrected chi connectivity index (χ2v) is 3.99. The van der Waals surface area contributed by atoms with Gasteiger partial charge in [-0.2, -0.15) is 0 Å². The fourth-order valence-electron chi connectivity index (χ4n) is 0.805. The quantitative estimate of drug-likeness (QED) is 0.784. The summed E-state index contributed by atoms with van der Waals surface area (Å²) in [6, 6.07) is 3.48. The lowest BCUT2D eigenvalue weighted by Crippen LogP contribution is -1.76. The second-order valence-electron chi connectivity index (χ2n) is 2.28. The van der Waals surface area contributed by atoms with Crippen molar-refractivity contribution in [1.82, 2.24) is 0 Å². The van der Waals surface area contributed by atoms with Gasteiger partial charge < -0.3 is 5.11 Å². The highest BCUT2D eigenvalue weighted by Crippen LogP contribution is 2.33. The molecule has 0 bridgehead atoms. The maximum absolute atomic E-state index is 9.38. The molecule has 0 heterocycles. The average molecular weight is 303 g/mol. The summed E-state index contributed by atoms with van der Waals surface area (Å²) in [5.41, 5.74) is 0.854. The van der Waals surface area contributed by atoms with E-state index >= 15 is 0 Å². The van der Waals surface area contributed by atoms with Gasteiger partial charge in [-0.1, -0.05) is 6.08 Å².